The number of hydrogen-bond donors (Lipinski definition) is 0. The first kappa shape index (κ1) is 9.02. The van der Waals surface area contributed by atoms with Gasteiger partial charge in [0.2, 0.25) is 0 Å². The predicted octanol–water partition coefficient (Wildman–Crippen LogP) is 1.16. The van der Waals surface area contributed by atoms with Crippen molar-refractivity contribution in [1.82, 2.24) is 4.90 Å². The topological polar surface area (TPSA) is 29.5 Å². The first-order valence-electron chi connectivity index (χ1n) is 2.94. The molecule has 0 N–H and O–H groups in total. The van der Waals surface area contributed by atoms with E-state index in [-0.39, 0.29) is 8.69 Å². The van der Waals surface area contributed by atoms with Gasteiger partial charge in [0, 0.05) is 6.54 Å². The third-order valence-corrected chi connectivity index (χ3v) is 1.44. The van der Waals surface area contributed by atoms with Gasteiger partial charge in [-0.15, -0.1) is 0 Å². The second-order valence-electron chi connectivity index (χ2n) is 1.80. The maximum Gasteiger partial charge on any atom is 0.327 e. The highest BCUT2D eigenvalue weighted by atomic mass is 31.1. The molecule has 0 saturated heterocycles. The van der Waals surface area contributed by atoms with Crippen molar-refractivity contribution in [2.75, 3.05) is 26.7 Å². The van der Waals surface area contributed by atoms with E-state index in [1.165, 1.54) is 0 Å². The highest BCUT2D eigenvalue weighted by molar-refractivity contribution is 7.17. The van der Waals surface area contributed by atoms with Crippen molar-refractivity contribution in [2.24, 2.45) is 0 Å². The Morgan fingerprint density at radius 1 is 1.67 bits per heavy atom. The zero-order valence-electron chi connectivity index (χ0n) is 5.83. The Kier molecular flexibility index (Phi) is 6.16. The average molecular weight is 149 g/mol. The summed E-state index contributed by atoms with van der Waals surface area (Å²) in [5.41, 5.74) is 0. The van der Waals surface area contributed by atoms with Crippen LogP contribution >= 0.6 is 8.69 Å². The first-order valence-corrected chi connectivity index (χ1v) is 3.67. The van der Waals surface area contributed by atoms with Crippen LogP contribution in [0.1, 0.15) is 6.92 Å². The zero-order chi connectivity index (χ0) is 7.11. The van der Waals surface area contributed by atoms with Crippen molar-refractivity contribution in [3.8, 4) is 0 Å². The number of hydrogen-bond acceptors (Lipinski definition) is 3. The third kappa shape index (κ3) is 5.90. The molecule has 0 spiro atoms. The lowest BCUT2D eigenvalue weighted by Gasteiger charge is -2.10. The smallest absolute Gasteiger partial charge is 0.304 e. The van der Waals surface area contributed by atoms with E-state index in [1.807, 2.05) is 7.05 Å². The maximum atomic E-state index is 9.73. The Morgan fingerprint density at radius 3 is 2.78 bits per heavy atom. The fraction of sp³-hybridized carbons (Fsp3) is 1.00. The molecular formula is C5H12NO2P. The average Bonchev–Trinajstić information content (AvgIpc) is 1.89. The molecule has 9 heavy (non-hydrogen) atoms. The number of rotatable bonds is 5. The van der Waals surface area contributed by atoms with Gasteiger partial charge < -0.3 is 4.90 Å². The Balaban J connectivity index is 2.96. The summed E-state index contributed by atoms with van der Waals surface area (Å²) in [5.74, 6) is 0. The zero-order valence-corrected chi connectivity index (χ0v) is 6.73. The molecule has 0 rings (SSSR count). The van der Waals surface area contributed by atoms with Crippen molar-refractivity contribution in [1.29, 1.82) is 0 Å². The molecule has 0 fully saturated rings. The molecule has 0 aliphatic heterocycles. The van der Waals surface area contributed by atoms with E-state index in [9.17, 15) is 4.57 Å². The molecule has 0 aromatic carbocycles. The van der Waals surface area contributed by atoms with Gasteiger partial charge in [-0.05, 0) is 13.6 Å². The summed E-state index contributed by atoms with van der Waals surface area (Å²) in [7, 11) is 1.77. The molecular weight excluding hydrogens is 137 g/mol. The molecule has 0 amide bonds. The van der Waals surface area contributed by atoms with Gasteiger partial charge in [0.15, 0.2) is 0 Å². The molecule has 0 aliphatic rings. The van der Waals surface area contributed by atoms with Crippen LogP contribution in [0.4, 0.5) is 0 Å². The molecule has 0 aliphatic carbocycles. The molecule has 3 nitrogen and oxygen atoms in total. The maximum absolute atomic E-state index is 9.73. The second kappa shape index (κ2) is 6.14. The van der Waals surface area contributed by atoms with Gasteiger partial charge in [-0.25, -0.2) is 4.57 Å². The Labute approximate surface area is 57.3 Å². The van der Waals surface area contributed by atoms with Gasteiger partial charge in [0.1, 0.15) is 0 Å². The summed E-state index contributed by atoms with van der Waals surface area (Å²) < 4.78 is 14.3. The summed E-state index contributed by atoms with van der Waals surface area (Å²) in [4.78, 5) is 2.09. The first-order chi connectivity index (χ1) is 4.31. The van der Waals surface area contributed by atoms with Gasteiger partial charge >= 0.3 is 8.69 Å². The predicted molar refractivity (Wildman–Crippen MR) is 36.7 cm³/mol. The van der Waals surface area contributed by atoms with Crippen LogP contribution in [0, 0.1) is 0 Å². The third-order valence-electron chi connectivity index (χ3n) is 1.16. The summed E-state index contributed by atoms with van der Waals surface area (Å²) in [5, 5.41) is 0. The molecule has 0 aromatic rings. The van der Waals surface area contributed by atoms with Crippen molar-refractivity contribution in [3.05, 3.63) is 0 Å². The van der Waals surface area contributed by atoms with E-state index in [0.29, 0.717) is 6.61 Å². The van der Waals surface area contributed by atoms with Gasteiger partial charge in [-0.2, -0.15) is 0 Å². The van der Waals surface area contributed by atoms with E-state index in [1.54, 1.807) is 0 Å². The molecule has 4 heteroatoms. The fourth-order valence-corrected chi connectivity index (χ4v) is 0.548. The highest BCUT2D eigenvalue weighted by Crippen LogP contribution is 1.92. The molecule has 0 aromatic heterocycles. The van der Waals surface area contributed by atoms with Gasteiger partial charge in [-0.3, -0.25) is 4.52 Å². The van der Waals surface area contributed by atoms with Crippen molar-refractivity contribution in [2.45, 2.75) is 6.92 Å². The van der Waals surface area contributed by atoms with Crippen LogP contribution in [0.5, 0.6) is 0 Å². The lowest BCUT2D eigenvalue weighted by Crippen LogP contribution is -2.21. The minimum absolute atomic E-state index is 0.220. The standard InChI is InChI=1S/C5H12NO2P/c1-3-6(2)4-5-8-9-7/h3-5H2,1-2H3. The molecule has 0 bridgehead atoms. The van der Waals surface area contributed by atoms with Gasteiger partial charge in [0.05, 0.1) is 6.61 Å². The number of nitrogens with zero attached hydrogens (tertiary/aromatic N) is 1. The lowest BCUT2D eigenvalue weighted by atomic mass is 10.6. The largest absolute Gasteiger partial charge is 0.327 e. The van der Waals surface area contributed by atoms with E-state index >= 15 is 0 Å². The normalized spacial score (nSPS) is 11.0. The minimum atomic E-state index is -0.220. The fourth-order valence-electron chi connectivity index (χ4n) is 0.392. The van der Waals surface area contributed by atoms with Crippen molar-refractivity contribution >= 4 is 8.69 Å². The van der Waals surface area contributed by atoms with E-state index in [4.69, 9.17) is 0 Å². The lowest BCUT2D eigenvalue weighted by molar-refractivity contribution is 0.258. The van der Waals surface area contributed by atoms with E-state index < -0.39 is 0 Å². The second-order valence-corrected chi connectivity index (χ2v) is 2.21. The molecule has 54 valence electrons. The van der Waals surface area contributed by atoms with Crippen LogP contribution in [0.15, 0.2) is 0 Å². The van der Waals surface area contributed by atoms with Crippen LogP contribution < -0.4 is 0 Å². The highest BCUT2D eigenvalue weighted by Gasteiger charge is 1.91. The summed E-state index contributed by atoms with van der Waals surface area (Å²) in [6.45, 7) is 4.44. The van der Waals surface area contributed by atoms with Crippen LogP contribution in [0.2, 0.25) is 0 Å². The Bertz CT molecular complexity index is 79.4. The Hall–Kier alpha value is 0.0200. The summed E-state index contributed by atoms with van der Waals surface area (Å²) >= 11 is 0. The molecule has 0 saturated carbocycles. The van der Waals surface area contributed by atoms with Crippen molar-refractivity contribution in [3.63, 3.8) is 0 Å². The van der Waals surface area contributed by atoms with Gasteiger partial charge in [-0.1, -0.05) is 6.92 Å². The van der Waals surface area contributed by atoms with Crippen LogP contribution in [-0.2, 0) is 9.09 Å². The molecule has 0 unspecified atom stereocenters. The van der Waals surface area contributed by atoms with Gasteiger partial charge in [0.25, 0.3) is 0 Å². The van der Waals surface area contributed by atoms with E-state index in [2.05, 4.69) is 16.3 Å². The Morgan fingerprint density at radius 2 is 2.33 bits per heavy atom. The molecule has 0 radical (unpaired) electrons. The number of likely N-dealkylation sites (N-methyl/N-ethyl adjacent to an activating group) is 1. The summed E-state index contributed by atoms with van der Waals surface area (Å²) in [6.07, 6.45) is 0. The molecule has 0 heterocycles. The van der Waals surface area contributed by atoms with Crippen LogP contribution in [-0.4, -0.2) is 31.6 Å². The minimum Gasteiger partial charge on any atom is -0.304 e. The quantitative estimate of drug-likeness (QED) is 0.434. The van der Waals surface area contributed by atoms with Crippen molar-refractivity contribution < 1.29 is 9.09 Å². The monoisotopic (exact) mass is 149 g/mol. The van der Waals surface area contributed by atoms with E-state index in [0.717, 1.165) is 13.1 Å². The molecule has 0 atom stereocenters. The summed E-state index contributed by atoms with van der Waals surface area (Å²) in [6, 6.07) is 0. The van der Waals surface area contributed by atoms with Crippen LogP contribution in [0.3, 0.4) is 0 Å². The SMILES string of the molecule is CCN(C)CCOP=O. The van der Waals surface area contributed by atoms with Crippen LogP contribution in [0.25, 0.3) is 0 Å².